The lowest BCUT2D eigenvalue weighted by Gasteiger charge is -2.03. The summed E-state index contributed by atoms with van der Waals surface area (Å²) in [5.41, 5.74) is -0.344. The second kappa shape index (κ2) is 5.16. The highest BCUT2D eigenvalue weighted by Crippen LogP contribution is 2.30. The van der Waals surface area contributed by atoms with Gasteiger partial charge in [-0.25, -0.2) is 8.78 Å². The molecule has 1 aliphatic rings. The molecule has 0 saturated carbocycles. The van der Waals surface area contributed by atoms with E-state index in [1.807, 2.05) is 0 Å². The van der Waals surface area contributed by atoms with Crippen LogP contribution in [0, 0.1) is 11.6 Å². The van der Waals surface area contributed by atoms with Crippen molar-refractivity contribution in [3.63, 3.8) is 0 Å². The summed E-state index contributed by atoms with van der Waals surface area (Å²) in [5, 5.41) is 3.77. The second-order valence-electron chi connectivity index (χ2n) is 4.48. The first kappa shape index (κ1) is 13.0. The summed E-state index contributed by atoms with van der Waals surface area (Å²) in [5.74, 6) is -1.28. The first-order valence-electron chi connectivity index (χ1n) is 6.14. The Balaban J connectivity index is 1.96. The summed E-state index contributed by atoms with van der Waals surface area (Å²) in [4.78, 5) is 4.06. The van der Waals surface area contributed by atoms with Crippen LogP contribution >= 0.6 is 0 Å². The molecule has 0 spiro atoms. The van der Waals surface area contributed by atoms with Gasteiger partial charge in [0.1, 0.15) is 22.9 Å². The molecule has 1 fully saturated rings. The molecule has 106 valence electrons. The largest absolute Gasteiger partial charge is 0.497 e. The molecule has 5 nitrogen and oxygen atoms in total. The third-order valence-electron chi connectivity index (χ3n) is 3.20. The molecule has 0 N–H and O–H groups in total. The van der Waals surface area contributed by atoms with Crippen molar-refractivity contribution in [1.82, 2.24) is 10.1 Å². The van der Waals surface area contributed by atoms with Gasteiger partial charge in [-0.05, 0) is 6.42 Å². The molecular weight excluding hydrogens is 270 g/mol. The van der Waals surface area contributed by atoms with Crippen LogP contribution in [-0.2, 0) is 4.74 Å². The van der Waals surface area contributed by atoms with Crippen molar-refractivity contribution in [1.29, 1.82) is 0 Å². The maximum Gasteiger partial charge on any atom is 0.263 e. The molecule has 0 unspecified atom stereocenters. The van der Waals surface area contributed by atoms with E-state index in [1.54, 1.807) is 0 Å². The Labute approximate surface area is 113 Å². The molecule has 2 aromatic rings. The van der Waals surface area contributed by atoms with Gasteiger partial charge in [0, 0.05) is 24.7 Å². The van der Waals surface area contributed by atoms with E-state index < -0.39 is 11.6 Å². The van der Waals surface area contributed by atoms with E-state index in [0.29, 0.717) is 19.0 Å². The summed E-state index contributed by atoms with van der Waals surface area (Å²) in [6, 6.07) is 2.14. The smallest absolute Gasteiger partial charge is 0.263 e. The molecule has 1 atom stereocenters. The third-order valence-corrected chi connectivity index (χ3v) is 3.20. The van der Waals surface area contributed by atoms with E-state index >= 15 is 0 Å². The van der Waals surface area contributed by atoms with Crippen molar-refractivity contribution in [2.75, 3.05) is 20.3 Å². The monoisotopic (exact) mass is 282 g/mol. The highest BCUT2D eigenvalue weighted by Gasteiger charge is 2.25. The van der Waals surface area contributed by atoms with Crippen molar-refractivity contribution < 1.29 is 22.8 Å². The number of halogens is 2. The molecule has 0 radical (unpaired) electrons. The molecule has 1 aromatic heterocycles. The van der Waals surface area contributed by atoms with Gasteiger partial charge in [-0.15, -0.1) is 0 Å². The SMILES string of the molecule is COc1cc(F)c(-c2nc([C@@H]3CCOC3)no2)c(F)c1. The van der Waals surface area contributed by atoms with Crippen LogP contribution in [0.1, 0.15) is 18.2 Å². The molecule has 20 heavy (non-hydrogen) atoms. The number of benzene rings is 1. The number of hydrogen-bond donors (Lipinski definition) is 0. The second-order valence-corrected chi connectivity index (χ2v) is 4.48. The Morgan fingerprint density at radius 3 is 2.65 bits per heavy atom. The van der Waals surface area contributed by atoms with Crippen LogP contribution in [0.5, 0.6) is 5.75 Å². The van der Waals surface area contributed by atoms with Crippen LogP contribution in [-0.4, -0.2) is 30.5 Å². The van der Waals surface area contributed by atoms with Crippen LogP contribution in [0.15, 0.2) is 16.7 Å². The summed E-state index contributed by atoms with van der Waals surface area (Å²) in [7, 11) is 1.33. The fourth-order valence-corrected chi connectivity index (χ4v) is 2.11. The van der Waals surface area contributed by atoms with Gasteiger partial charge in [-0.1, -0.05) is 5.16 Å². The van der Waals surface area contributed by atoms with Crippen molar-refractivity contribution in [3.8, 4) is 17.2 Å². The van der Waals surface area contributed by atoms with Crippen LogP contribution in [0.25, 0.3) is 11.5 Å². The highest BCUT2D eigenvalue weighted by atomic mass is 19.1. The fraction of sp³-hybridized carbons (Fsp3) is 0.385. The first-order valence-corrected chi connectivity index (χ1v) is 6.14. The molecule has 0 amide bonds. The Morgan fingerprint density at radius 2 is 2.05 bits per heavy atom. The Kier molecular flexibility index (Phi) is 3.35. The molecule has 3 rings (SSSR count). The Hall–Kier alpha value is -2.02. The Bertz CT molecular complexity index is 601. The zero-order valence-corrected chi connectivity index (χ0v) is 10.7. The average Bonchev–Trinajstić information content (AvgIpc) is 3.08. The molecular formula is C13H12F2N2O3. The van der Waals surface area contributed by atoms with E-state index in [-0.39, 0.29) is 23.1 Å². The maximum atomic E-state index is 13.9. The van der Waals surface area contributed by atoms with Gasteiger partial charge in [0.25, 0.3) is 5.89 Å². The standard InChI is InChI=1S/C13H12F2N2O3/c1-18-8-4-9(14)11(10(15)5-8)13-16-12(17-20-13)7-2-3-19-6-7/h4-5,7H,2-3,6H2,1H3/t7-/m1/s1. The van der Waals surface area contributed by atoms with Crippen molar-refractivity contribution in [3.05, 3.63) is 29.6 Å². The quantitative estimate of drug-likeness (QED) is 0.865. The number of ether oxygens (including phenoxy) is 2. The van der Waals surface area contributed by atoms with Crippen LogP contribution in [0.3, 0.4) is 0 Å². The van der Waals surface area contributed by atoms with E-state index in [1.165, 1.54) is 7.11 Å². The first-order chi connectivity index (χ1) is 9.69. The molecule has 0 aliphatic carbocycles. The van der Waals surface area contributed by atoms with Gasteiger partial charge in [0.15, 0.2) is 5.82 Å². The van der Waals surface area contributed by atoms with Crippen LogP contribution in [0.4, 0.5) is 8.78 Å². The fourth-order valence-electron chi connectivity index (χ4n) is 2.11. The minimum atomic E-state index is -0.806. The van der Waals surface area contributed by atoms with Gasteiger partial charge in [-0.2, -0.15) is 4.98 Å². The van der Waals surface area contributed by atoms with E-state index in [4.69, 9.17) is 14.0 Å². The topological polar surface area (TPSA) is 57.4 Å². The zero-order valence-electron chi connectivity index (χ0n) is 10.7. The summed E-state index contributed by atoms with van der Waals surface area (Å²) in [6.45, 7) is 1.12. The minimum absolute atomic E-state index is 0.0110. The average molecular weight is 282 g/mol. The van der Waals surface area contributed by atoms with Gasteiger partial charge < -0.3 is 14.0 Å². The van der Waals surface area contributed by atoms with E-state index in [9.17, 15) is 8.78 Å². The normalized spacial score (nSPS) is 18.4. The Morgan fingerprint density at radius 1 is 1.30 bits per heavy atom. The molecule has 2 heterocycles. The molecule has 0 bridgehead atoms. The summed E-state index contributed by atoms with van der Waals surface area (Å²) >= 11 is 0. The molecule has 7 heteroatoms. The minimum Gasteiger partial charge on any atom is -0.497 e. The van der Waals surface area contributed by atoms with E-state index in [2.05, 4.69) is 10.1 Å². The lowest BCUT2D eigenvalue weighted by atomic mass is 10.1. The zero-order chi connectivity index (χ0) is 14.1. The third kappa shape index (κ3) is 2.24. The number of rotatable bonds is 3. The highest BCUT2D eigenvalue weighted by molar-refractivity contribution is 5.56. The number of hydrogen-bond acceptors (Lipinski definition) is 5. The lowest BCUT2D eigenvalue weighted by Crippen LogP contribution is -2.00. The van der Waals surface area contributed by atoms with Gasteiger partial charge in [-0.3, -0.25) is 0 Å². The lowest BCUT2D eigenvalue weighted by molar-refractivity contribution is 0.192. The predicted octanol–water partition coefficient (Wildman–Crippen LogP) is 2.53. The molecule has 1 aliphatic heterocycles. The summed E-state index contributed by atoms with van der Waals surface area (Å²) in [6.07, 6.45) is 0.770. The van der Waals surface area contributed by atoms with Gasteiger partial charge >= 0.3 is 0 Å². The maximum absolute atomic E-state index is 13.9. The van der Waals surface area contributed by atoms with E-state index in [0.717, 1.165) is 18.6 Å². The van der Waals surface area contributed by atoms with Crippen LogP contribution < -0.4 is 4.74 Å². The summed E-state index contributed by atoms with van der Waals surface area (Å²) < 4.78 is 42.8. The van der Waals surface area contributed by atoms with Gasteiger partial charge in [0.05, 0.1) is 13.7 Å². The molecule has 1 saturated heterocycles. The van der Waals surface area contributed by atoms with Crippen molar-refractivity contribution >= 4 is 0 Å². The van der Waals surface area contributed by atoms with Crippen LogP contribution in [0.2, 0.25) is 0 Å². The number of nitrogens with zero attached hydrogens (tertiary/aromatic N) is 2. The van der Waals surface area contributed by atoms with Crippen molar-refractivity contribution in [2.45, 2.75) is 12.3 Å². The predicted molar refractivity (Wildman–Crippen MR) is 64.4 cm³/mol. The molecule has 1 aromatic carbocycles. The number of methoxy groups -OCH3 is 1. The van der Waals surface area contributed by atoms with Crippen molar-refractivity contribution in [2.24, 2.45) is 0 Å². The number of aromatic nitrogens is 2. The van der Waals surface area contributed by atoms with Gasteiger partial charge in [0.2, 0.25) is 0 Å².